The molecule has 0 atom stereocenters. The third-order valence-electron chi connectivity index (χ3n) is 1.65. The number of nitrogens with one attached hydrogen (secondary N) is 2. The van der Waals surface area contributed by atoms with Crippen molar-refractivity contribution in [2.45, 2.75) is 6.92 Å². The van der Waals surface area contributed by atoms with Crippen LogP contribution in [0.3, 0.4) is 0 Å². The van der Waals surface area contributed by atoms with E-state index in [0.717, 1.165) is 13.1 Å². The van der Waals surface area contributed by atoms with Gasteiger partial charge in [0.25, 0.3) is 0 Å². The fourth-order valence-corrected chi connectivity index (χ4v) is 1.01. The predicted molar refractivity (Wildman–Crippen MR) is 46.9 cm³/mol. The van der Waals surface area contributed by atoms with E-state index in [4.69, 9.17) is 5.73 Å². The van der Waals surface area contributed by atoms with Crippen LogP contribution in [0.25, 0.3) is 0 Å². The summed E-state index contributed by atoms with van der Waals surface area (Å²) in [5, 5.41) is 6.38. The van der Waals surface area contributed by atoms with Crippen LogP contribution < -0.4 is 16.4 Å². The van der Waals surface area contributed by atoms with E-state index in [-0.39, 0.29) is 0 Å². The van der Waals surface area contributed by atoms with Gasteiger partial charge in [-0.15, -0.1) is 0 Å². The lowest BCUT2D eigenvalue weighted by molar-refractivity contribution is 0.777. The molecular formula is C8H15N3. The maximum Gasteiger partial charge on any atom is 0.0375 e. The molecule has 1 aliphatic rings. The summed E-state index contributed by atoms with van der Waals surface area (Å²) in [5.74, 6) is 0. The Hall–Kier alpha value is -0.960. The molecule has 0 aliphatic carbocycles. The molecule has 0 aromatic carbocycles. The van der Waals surface area contributed by atoms with Crippen LogP contribution in [0.4, 0.5) is 0 Å². The van der Waals surface area contributed by atoms with Crippen LogP contribution in [0.1, 0.15) is 6.92 Å². The molecule has 1 rings (SSSR count). The quantitative estimate of drug-likeness (QED) is 0.532. The Labute approximate surface area is 67.3 Å². The molecule has 0 amide bonds. The Morgan fingerprint density at radius 1 is 1.73 bits per heavy atom. The van der Waals surface area contributed by atoms with Gasteiger partial charge in [0, 0.05) is 25.3 Å². The zero-order chi connectivity index (χ0) is 8.10. The van der Waals surface area contributed by atoms with E-state index in [1.54, 1.807) is 0 Å². The van der Waals surface area contributed by atoms with Crippen molar-refractivity contribution in [2.75, 3.05) is 19.6 Å². The third-order valence-corrected chi connectivity index (χ3v) is 1.65. The lowest BCUT2D eigenvalue weighted by Crippen LogP contribution is -2.26. The SMILES string of the molecule is CC1=C(NCCN)C=CNC1. The van der Waals surface area contributed by atoms with Crippen molar-refractivity contribution >= 4 is 0 Å². The summed E-state index contributed by atoms with van der Waals surface area (Å²) in [6.07, 6.45) is 3.99. The maximum atomic E-state index is 5.37. The first kappa shape index (κ1) is 8.14. The molecule has 0 bridgehead atoms. The highest BCUT2D eigenvalue weighted by Gasteiger charge is 2.00. The van der Waals surface area contributed by atoms with Gasteiger partial charge in [-0.25, -0.2) is 0 Å². The summed E-state index contributed by atoms with van der Waals surface area (Å²) in [6, 6.07) is 0. The summed E-state index contributed by atoms with van der Waals surface area (Å²) in [7, 11) is 0. The van der Waals surface area contributed by atoms with Gasteiger partial charge in [0.1, 0.15) is 0 Å². The highest BCUT2D eigenvalue weighted by atomic mass is 14.9. The standard InChI is InChI=1S/C8H15N3/c1-7-6-10-4-2-8(7)11-5-3-9/h2,4,10-11H,3,5-6,9H2,1H3. The fraction of sp³-hybridized carbons (Fsp3) is 0.500. The van der Waals surface area contributed by atoms with E-state index in [1.807, 2.05) is 12.3 Å². The summed E-state index contributed by atoms with van der Waals surface area (Å²) in [6.45, 7) is 4.56. The minimum absolute atomic E-state index is 0.679. The van der Waals surface area contributed by atoms with E-state index < -0.39 is 0 Å². The molecule has 1 heterocycles. The van der Waals surface area contributed by atoms with E-state index in [9.17, 15) is 0 Å². The molecule has 3 heteroatoms. The van der Waals surface area contributed by atoms with Gasteiger partial charge in [-0.1, -0.05) is 0 Å². The van der Waals surface area contributed by atoms with Crippen LogP contribution in [0.2, 0.25) is 0 Å². The van der Waals surface area contributed by atoms with Crippen molar-refractivity contribution in [3.05, 3.63) is 23.5 Å². The average molecular weight is 153 g/mol. The molecule has 11 heavy (non-hydrogen) atoms. The fourth-order valence-electron chi connectivity index (χ4n) is 1.01. The van der Waals surface area contributed by atoms with Crippen molar-refractivity contribution < 1.29 is 0 Å². The molecule has 0 spiro atoms. The predicted octanol–water partition coefficient (Wildman–Crippen LogP) is -0.0744. The molecule has 0 aromatic heterocycles. The van der Waals surface area contributed by atoms with Crippen LogP contribution in [0, 0.1) is 0 Å². The first-order valence-corrected chi connectivity index (χ1v) is 3.88. The van der Waals surface area contributed by atoms with Gasteiger partial charge >= 0.3 is 0 Å². The largest absolute Gasteiger partial charge is 0.387 e. The van der Waals surface area contributed by atoms with Crippen LogP contribution in [-0.4, -0.2) is 19.6 Å². The molecule has 1 aliphatic heterocycles. The lowest BCUT2D eigenvalue weighted by Gasteiger charge is -2.14. The summed E-state index contributed by atoms with van der Waals surface area (Å²) < 4.78 is 0. The highest BCUT2D eigenvalue weighted by Crippen LogP contribution is 2.04. The Balaban J connectivity index is 2.47. The van der Waals surface area contributed by atoms with Gasteiger partial charge in [-0.2, -0.15) is 0 Å². The normalized spacial score (nSPS) is 16.5. The van der Waals surface area contributed by atoms with Crippen molar-refractivity contribution in [3.63, 3.8) is 0 Å². The van der Waals surface area contributed by atoms with Crippen molar-refractivity contribution in [1.82, 2.24) is 10.6 Å². The zero-order valence-electron chi connectivity index (χ0n) is 6.85. The van der Waals surface area contributed by atoms with Crippen molar-refractivity contribution in [1.29, 1.82) is 0 Å². The second-order valence-corrected chi connectivity index (χ2v) is 2.62. The van der Waals surface area contributed by atoms with Gasteiger partial charge in [0.15, 0.2) is 0 Å². The van der Waals surface area contributed by atoms with E-state index >= 15 is 0 Å². The molecule has 0 saturated carbocycles. The first-order valence-electron chi connectivity index (χ1n) is 3.88. The Kier molecular flexibility index (Phi) is 2.98. The van der Waals surface area contributed by atoms with Gasteiger partial charge in [-0.05, 0) is 24.8 Å². The molecule has 0 saturated heterocycles. The van der Waals surface area contributed by atoms with Gasteiger partial charge in [0.05, 0.1) is 0 Å². The summed E-state index contributed by atoms with van der Waals surface area (Å²) >= 11 is 0. The number of hydrogen-bond acceptors (Lipinski definition) is 3. The minimum Gasteiger partial charge on any atom is -0.387 e. The molecule has 62 valence electrons. The minimum atomic E-state index is 0.679. The summed E-state index contributed by atoms with van der Waals surface area (Å²) in [4.78, 5) is 0. The van der Waals surface area contributed by atoms with Gasteiger partial charge in [0.2, 0.25) is 0 Å². The van der Waals surface area contributed by atoms with Gasteiger partial charge < -0.3 is 16.4 Å². The van der Waals surface area contributed by atoms with Crippen LogP contribution in [0.15, 0.2) is 23.5 Å². The van der Waals surface area contributed by atoms with Crippen molar-refractivity contribution in [3.8, 4) is 0 Å². The number of hydrogen-bond donors (Lipinski definition) is 3. The molecule has 3 nitrogen and oxygen atoms in total. The zero-order valence-corrected chi connectivity index (χ0v) is 6.85. The maximum absolute atomic E-state index is 5.37. The van der Waals surface area contributed by atoms with E-state index in [1.165, 1.54) is 11.3 Å². The lowest BCUT2D eigenvalue weighted by atomic mass is 10.2. The highest BCUT2D eigenvalue weighted by molar-refractivity contribution is 5.27. The molecule has 0 radical (unpaired) electrons. The Bertz CT molecular complexity index is 182. The smallest absolute Gasteiger partial charge is 0.0375 e. The van der Waals surface area contributed by atoms with Crippen LogP contribution >= 0.6 is 0 Å². The third kappa shape index (κ3) is 2.27. The number of allylic oxidation sites excluding steroid dienone is 1. The van der Waals surface area contributed by atoms with Crippen molar-refractivity contribution in [2.24, 2.45) is 5.73 Å². The van der Waals surface area contributed by atoms with Crippen LogP contribution in [-0.2, 0) is 0 Å². The molecule has 0 aromatic rings. The number of dihydropyridines is 1. The Morgan fingerprint density at radius 2 is 2.55 bits per heavy atom. The monoisotopic (exact) mass is 153 g/mol. The molecule has 0 fully saturated rings. The molecule has 0 unspecified atom stereocenters. The first-order chi connectivity index (χ1) is 5.34. The second kappa shape index (κ2) is 4.03. The number of rotatable bonds is 3. The number of nitrogens with two attached hydrogens (primary N) is 1. The second-order valence-electron chi connectivity index (χ2n) is 2.62. The van der Waals surface area contributed by atoms with E-state index in [2.05, 4.69) is 17.6 Å². The summed E-state index contributed by atoms with van der Waals surface area (Å²) in [5.41, 5.74) is 7.90. The molecular weight excluding hydrogens is 138 g/mol. The Morgan fingerprint density at radius 3 is 3.18 bits per heavy atom. The van der Waals surface area contributed by atoms with E-state index in [0.29, 0.717) is 6.54 Å². The molecule has 4 N–H and O–H groups in total. The van der Waals surface area contributed by atoms with Gasteiger partial charge in [-0.3, -0.25) is 0 Å². The average Bonchev–Trinajstić information content (AvgIpc) is 2.03. The topological polar surface area (TPSA) is 50.1 Å². The van der Waals surface area contributed by atoms with Crippen LogP contribution in [0.5, 0.6) is 0 Å².